The van der Waals surface area contributed by atoms with Gasteiger partial charge >= 0.3 is 11.9 Å². The Morgan fingerprint density at radius 2 is 1.88 bits per heavy atom. The summed E-state index contributed by atoms with van der Waals surface area (Å²) in [5.74, 6) is -0.523. The number of esters is 2. The van der Waals surface area contributed by atoms with Crippen LogP contribution in [0, 0.1) is 0 Å². The number of hydrogen-bond donors (Lipinski definition) is 0. The Morgan fingerprint density at radius 1 is 1.12 bits per heavy atom. The smallest absolute Gasteiger partial charge is 0.339 e. The second kappa shape index (κ2) is 7.42. The molecule has 2 heterocycles. The van der Waals surface area contributed by atoms with Crippen LogP contribution in [0.5, 0.6) is 0 Å². The average Bonchev–Trinajstić information content (AvgIpc) is 3.04. The van der Waals surface area contributed by atoms with E-state index in [1.165, 1.54) is 0 Å². The van der Waals surface area contributed by atoms with Crippen LogP contribution in [0.2, 0.25) is 0 Å². The first-order valence-electron chi connectivity index (χ1n) is 8.51. The molecule has 0 saturated carbocycles. The Bertz CT molecular complexity index is 781. The summed E-state index contributed by atoms with van der Waals surface area (Å²) in [4.78, 5) is 25.8. The van der Waals surface area contributed by atoms with Gasteiger partial charge in [0.2, 0.25) is 0 Å². The summed E-state index contributed by atoms with van der Waals surface area (Å²) in [5.41, 5.74) is 3.60. The molecule has 0 aliphatic carbocycles. The van der Waals surface area contributed by atoms with E-state index in [0.717, 1.165) is 16.9 Å². The Kier molecular flexibility index (Phi) is 5.07. The van der Waals surface area contributed by atoms with Crippen molar-refractivity contribution < 1.29 is 19.1 Å². The van der Waals surface area contributed by atoms with Crippen LogP contribution in [0.3, 0.4) is 0 Å². The van der Waals surface area contributed by atoms with Gasteiger partial charge < -0.3 is 18.9 Å². The third kappa shape index (κ3) is 3.52. The van der Waals surface area contributed by atoms with Gasteiger partial charge in [-0.2, -0.15) is 0 Å². The molecule has 0 bridgehead atoms. The van der Waals surface area contributed by atoms with Crippen molar-refractivity contribution in [3.8, 4) is 11.3 Å². The van der Waals surface area contributed by atoms with E-state index in [9.17, 15) is 9.59 Å². The fourth-order valence-electron chi connectivity index (χ4n) is 3.06. The topological polar surface area (TPSA) is 60.8 Å². The van der Waals surface area contributed by atoms with Crippen LogP contribution < -0.4 is 4.90 Å². The molecule has 0 fully saturated rings. The van der Waals surface area contributed by atoms with Crippen molar-refractivity contribution in [2.45, 2.75) is 26.9 Å². The molecule has 0 N–H and O–H groups in total. The molecule has 1 aromatic carbocycles. The third-order valence-electron chi connectivity index (χ3n) is 4.14. The SMILES string of the molecule is CCOC(=O)CCN1Cn2cc(C(=O)OCC)cc2-c2ccccc21. The number of nitrogens with zero attached hydrogens (tertiary/aromatic N) is 2. The summed E-state index contributed by atoms with van der Waals surface area (Å²) < 4.78 is 12.1. The monoisotopic (exact) mass is 342 g/mol. The first-order chi connectivity index (χ1) is 12.1. The third-order valence-corrected chi connectivity index (χ3v) is 4.14. The quantitative estimate of drug-likeness (QED) is 0.755. The molecule has 1 aromatic heterocycles. The average molecular weight is 342 g/mol. The predicted molar refractivity (Wildman–Crippen MR) is 94.4 cm³/mol. The van der Waals surface area contributed by atoms with Crippen molar-refractivity contribution in [2.24, 2.45) is 0 Å². The Morgan fingerprint density at radius 3 is 2.64 bits per heavy atom. The molecule has 6 heteroatoms. The highest BCUT2D eigenvalue weighted by atomic mass is 16.5. The number of fused-ring (bicyclic) bond motifs is 3. The van der Waals surface area contributed by atoms with E-state index in [1.54, 1.807) is 20.0 Å². The van der Waals surface area contributed by atoms with Crippen LogP contribution in [0.25, 0.3) is 11.3 Å². The summed E-state index contributed by atoms with van der Waals surface area (Å²) in [6.07, 6.45) is 2.13. The maximum Gasteiger partial charge on any atom is 0.339 e. The Hall–Kier alpha value is -2.76. The number of benzene rings is 1. The zero-order valence-electron chi connectivity index (χ0n) is 14.5. The normalized spacial score (nSPS) is 12.3. The van der Waals surface area contributed by atoms with Crippen molar-refractivity contribution in [1.29, 1.82) is 0 Å². The number of carbonyl (C=O) groups is 2. The van der Waals surface area contributed by atoms with Crippen LogP contribution in [0.1, 0.15) is 30.6 Å². The summed E-state index contributed by atoms with van der Waals surface area (Å²) >= 11 is 0. The molecule has 0 radical (unpaired) electrons. The van der Waals surface area contributed by atoms with Crippen molar-refractivity contribution >= 4 is 17.6 Å². The summed E-state index contributed by atoms with van der Waals surface area (Å²) in [7, 11) is 0. The molecule has 0 spiro atoms. The number of carbonyl (C=O) groups excluding carboxylic acids is 2. The number of aromatic nitrogens is 1. The van der Waals surface area contributed by atoms with Gasteiger partial charge in [-0.25, -0.2) is 4.79 Å². The minimum atomic E-state index is -0.319. The summed E-state index contributed by atoms with van der Waals surface area (Å²) in [6.45, 7) is 5.46. The highest BCUT2D eigenvalue weighted by molar-refractivity contribution is 5.92. The standard InChI is InChI=1S/C19H22N2O4/c1-3-24-18(22)9-10-20-13-21-12-14(19(23)25-4-2)11-17(21)15-7-5-6-8-16(15)20/h5-8,11-12H,3-4,9-10,13H2,1-2H3. The predicted octanol–water partition coefficient (Wildman–Crippen LogP) is 3.06. The number of rotatable bonds is 6. The molecule has 0 amide bonds. The van der Waals surface area contributed by atoms with Gasteiger partial charge in [0.15, 0.2) is 0 Å². The van der Waals surface area contributed by atoms with Gasteiger partial charge in [0.25, 0.3) is 0 Å². The second-order valence-corrected chi connectivity index (χ2v) is 5.78. The maximum atomic E-state index is 12.0. The summed E-state index contributed by atoms with van der Waals surface area (Å²) in [5, 5.41) is 0. The first-order valence-corrected chi connectivity index (χ1v) is 8.51. The van der Waals surface area contributed by atoms with Crippen molar-refractivity contribution in [2.75, 3.05) is 24.7 Å². The molecule has 2 aromatic rings. The van der Waals surface area contributed by atoms with E-state index in [0.29, 0.717) is 38.4 Å². The molecule has 1 aliphatic heterocycles. The van der Waals surface area contributed by atoms with Gasteiger partial charge in [-0.15, -0.1) is 0 Å². The molecule has 0 unspecified atom stereocenters. The lowest BCUT2D eigenvalue weighted by Gasteiger charge is -2.32. The highest BCUT2D eigenvalue weighted by Gasteiger charge is 2.24. The molecule has 132 valence electrons. The second-order valence-electron chi connectivity index (χ2n) is 5.78. The lowest BCUT2D eigenvalue weighted by Crippen LogP contribution is -2.32. The molecule has 0 saturated heterocycles. The van der Waals surface area contributed by atoms with Gasteiger partial charge in [0.1, 0.15) is 0 Å². The molecular weight excluding hydrogens is 320 g/mol. The van der Waals surface area contributed by atoms with Crippen LogP contribution in [0.15, 0.2) is 36.5 Å². The number of hydrogen-bond acceptors (Lipinski definition) is 5. The van der Waals surface area contributed by atoms with Crippen molar-refractivity contribution in [3.05, 3.63) is 42.1 Å². The number of para-hydroxylation sites is 1. The van der Waals surface area contributed by atoms with Gasteiger partial charge in [-0.1, -0.05) is 18.2 Å². The van der Waals surface area contributed by atoms with E-state index in [2.05, 4.69) is 4.90 Å². The number of anilines is 1. The van der Waals surface area contributed by atoms with Crippen LogP contribution in [-0.2, 0) is 20.9 Å². The van der Waals surface area contributed by atoms with E-state index < -0.39 is 0 Å². The first kappa shape index (κ1) is 17.1. The molecule has 25 heavy (non-hydrogen) atoms. The van der Waals surface area contributed by atoms with E-state index in [-0.39, 0.29) is 11.9 Å². The van der Waals surface area contributed by atoms with Gasteiger partial charge in [-0.05, 0) is 26.0 Å². The van der Waals surface area contributed by atoms with Crippen LogP contribution in [-0.4, -0.2) is 36.3 Å². The maximum absolute atomic E-state index is 12.0. The van der Waals surface area contributed by atoms with E-state index in [1.807, 2.05) is 34.9 Å². The minimum absolute atomic E-state index is 0.203. The molecule has 0 atom stereocenters. The van der Waals surface area contributed by atoms with Crippen molar-refractivity contribution in [3.63, 3.8) is 0 Å². The Labute approximate surface area is 146 Å². The molecular formula is C19H22N2O4. The zero-order valence-corrected chi connectivity index (χ0v) is 14.5. The lowest BCUT2D eigenvalue weighted by molar-refractivity contribution is -0.142. The van der Waals surface area contributed by atoms with Gasteiger partial charge in [0.05, 0.1) is 37.6 Å². The number of ether oxygens (including phenoxy) is 2. The molecule has 6 nitrogen and oxygen atoms in total. The van der Waals surface area contributed by atoms with Gasteiger partial charge in [0, 0.05) is 24.0 Å². The Balaban J connectivity index is 1.87. The van der Waals surface area contributed by atoms with Crippen LogP contribution >= 0.6 is 0 Å². The van der Waals surface area contributed by atoms with Crippen molar-refractivity contribution in [1.82, 2.24) is 4.57 Å². The summed E-state index contributed by atoms with van der Waals surface area (Å²) in [6, 6.07) is 9.85. The van der Waals surface area contributed by atoms with E-state index >= 15 is 0 Å². The largest absolute Gasteiger partial charge is 0.466 e. The molecule has 1 aliphatic rings. The fraction of sp³-hybridized carbons (Fsp3) is 0.368. The fourth-order valence-corrected chi connectivity index (χ4v) is 3.06. The zero-order chi connectivity index (χ0) is 17.8. The van der Waals surface area contributed by atoms with E-state index in [4.69, 9.17) is 9.47 Å². The van der Waals surface area contributed by atoms with Crippen LogP contribution in [0.4, 0.5) is 5.69 Å². The lowest BCUT2D eigenvalue weighted by atomic mass is 10.1. The highest BCUT2D eigenvalue weighted by Crippen LogP contribution is 2.36. The van der Waals surface area contributed by atoms with Gasteiger partial charge in [-0.3, -0.25) is 4.79 Å². The minimum Gasteiger partial charge on any atom is -0.466 e. The molecule has 3 rings (SSSR count).